The second-order valence-electron chi connectivity index (χ2n) is 3.83. The Morgan fingerprint density at radius 3 is 2.40 bits per heavy atom. The van der Waals surface area contributed by atoms with E-state index < -0.39 is 36.9 Å². The lowest BCUT2D eigenvalue weighted by atomic mass is 10.1. The number of halogens is 4. The number of rotatable bonds is 4. The number of carbonyl (C=O) groups excluding carboxylic acids is 1. The van der Waals surface area contributed by atoms with Crippen LogP contribution in [0.4, 0.5) is 13.2 Å². The fraction of sp³-hybridized carbons (Fsp3) is 0.273. The minimum Gasteiger partial charge on any atom is -0.507 e. The Balaban J connectivity index is 3.09. The number of amides is 1. The monoisotopic (exact) mass is 403 g/mol. The summed E-state index contributed by atoms with van der Waals surface area (Å²) in [6.45, 7) is -2.81. The van der Waals surface area contributed by atoms with Gasteiger partial charge in [-0.05, 0) is 40.8 Å². The molecule has 0 unspecified atom stereocenters. The Morgan fingerprint density at radius 2 is 1.90 bits per heavy atom. The summed E-state index contributed by atoms with van der Waals surface area (Å²) in [7, 11) is 0. The van der Waals surface area contributed by atoms with Gasteiger partial charge in [0.15, 0.2) is 0 Å². The summed E-state index contributed by atoms with van der Waals surface area (Å²) in [5.41, 5.74) is -0.373. The van der Waals surface area contributed by atoms with Gasteiger partial charge in [-0.15, -0.1) is 0 Å². The molecule has 0 heterocycles. The average Bonchev–Trinajstić information content (AvgIpc) is 2.28. The minimum atomic E-state index is -4.73. The van der Waals surface area contributed by atoms with Crippen LogP contribution in [0.15, 0.2) is 18.2 Å². The number of nitrogens with zero attached hydrogens (tertiary/aromatic N) is 1. The number of carboxylic acid groups (broad SMARTS) is 1. The highest BCUT2D eigenvalue weighted by Crippen LogP contribution is 2.23. The molecule has 0 aliphatic heterocycles. The van der Waals surface area contributed by atoms with Crippen LogP contribution in [0.2, 0.25) is 0 Å². The van der Waals surface area contributed by atoms with Gasteiger partial charge in [-0.25, -0.2) is 0 Å². The quantitative estimate of drug-likeness (QED) is 0.756. The number of benzene rings is 1. The van der Waals surface area contributed by atoms with E-state index in [2.05, 4.69) is 0 Å². The number of hydrogen-bond acceptors (Lipinski definition) is 3. The number of phenolic OH excluding ortho intramolecular Hbond substituents is 1. The standard InChI is InChI=1S/C11H9F3INO4/c12-11(13,14)5-16(4-9(18)19)10(20)7-3-6(15)1-2-8(7)17/h1-3,17H,4-5H2,(H,18,19). The Kier molecular flexibility index (Phi) is 5.20. The fourth-order valence-electron chi connectivity index (χ4n) is 1.43. The second-order valence-corrected chi connectivity index (χ2v) is 5.08. The van der Waals surface area contributed by atoms with Crippen LogP contribution in [0, 0.1) is 3.57 Å². The third kappa shape index (κ3) is 4.87. The van der Waals surface area contributed by atoms with E-state index >= 15 is 0 Å². The molecule has 2 N–H and O–H groups in total. The first kappa shape index (κ1) is 16.5. The van der Waals surface area contributed by atoms with E-state index in [1.807, 2.05) is 22.6 Å². The van der Waals surface area contributed by atoms with Crippen molar-refractivity contribution < 1.29 is 33.0 Å². The molecular formula is C11H9F3INO4. The Hall–Kier alpha value is -1.52. The molecule has 0 aromatic heterocycles. The predicted octanol–water partition coefficient (Wildman–Crippen LogP) is 2.09. The summed E-state index contributed by atoms with van der Waals surface area (Å²) in [6, 6.07) is 3.79. The molecular weight excluding hydrogens is 394 g/mol. The van der Waals surface area contributed by atoms with Gasteiger partial charge >= 0.3 is 12.1 Å². The van der Waals surface area contributed by atoms with Gasteiger partial charge in [-0.1, -0.05) is 0 Å². The first-order chi connectivity index (χ1) is 9.10. The number of aromatic hydroxyl groups is 1. The first-order valence-electron chi connectivity index (χ1n) is 5.16. The largest absolute Gasteiger partial charge is 0.507 e. The molecule has 0 aliphatic carbocycles. The van der Waals surface area contributed by atoms with Crippen molar-refractivity contribution in [2.24, 2.45) is 0 Å². The Morgan fingerprint density at radius 1 is 1.30 bits per heavy atom. The normalized spacial score (nSPS) is 11.2. The molecule has 5 nitrogen and oxygen atoms in total. The van der Waals surface area contributed by atoms with Crippen LogP contribution < -0.4 is 0 Å². The maximum absolute atomic E-state index is 12.4. The third-order valence-corrected chi connectivity index (χ3v) is 2.84. The Bertz CT molecular complexity index is 533. The topological polar surface area (TPSA) is 77.8 Å². The van der Waals surface area contributed by atoms with Crippen LogP contribution in [-0.4, -0.2) is 46.3 Å². The van der Waals surface area contributed by atoms with Crippen molar-refractivity contribution in [3.63, 3.8) is 0 Å². The molecule has 1 aromatic rings. The minimum absolute atomic E-state index is 0.119. The molecule has 0 aliphatic rings. The molecule has 0 saturated heterocycles. The van der Waals surface area contributed by atoms with Crippen molar-refractivity contribution in [2.45, 2.75) is 6.18 Å². The molecule has 0 radical (unpaired) electrons. The van der Waals surface area contributed by atoms with Crippen LogP contribution in [0.1, 0.15) is 10.4 Å². The number of aliphatic carboxylic acids is 1. The lowest BCUT2D eigenvalue weighted by molar-refractivity contribution is -0.149. The Labute approximate surface area is 125 Å². The van der Waals surface area contributed by atoms with Crippen LogP contribution in [0.25, 0.3) is 0 Å². The molecule has 20 heavy (non-hydrogen) atoms. The SMILES string of the molecule is O=C(O)CN(CC(F)(F)F)C(=O)c1cc(I)ccc1O. The maximum Gasteiger partial charge on any atom is 0.406 e. The van der Waals surface area contributed by atoms with E-state index in [1.165, 1.54) is 12.1 Å². The molecule has 0 fully saturated rings. The zero-order chi connectivity index (χ0) is 15.5. The zero-order valence-electron chi connectivity index (χ0n) is 9.82. The highest BCUT2D eigenvalue weighted by atomic mass is 127. The average molecular weight is 403 g/mol. The van der Waals surface area contributed by atoms with E-state index in [-0.39, 0.29) is 10.5 Å². The van der Waals surface area contributed by atoms with Crippen molar-refractivity contribution in [2.75, 3.05) is 13.1 Å². The van der Waals surface area contributed by atoms with Crippen LogP contribution in [0.5, 0.6) is 5.75 Å². The van der Waals surface area contributed by atoms with Crippen molar-refractivity contribution in [1.29, 1.82) is 0 Å². The number of hydrogen-bond donors (Lipinski definition) is 2. The molecule has 0 saturated carbocycles. The number of carboxylic acids is 1. The first-order valence-corrected chi connectivity index (χ1v) is 6.24. The van der Waals surface area contributed by atoms with Gasteiger partial charge in [0.2, 0.25) is 0 Å². The van der Waals surface area contributed by atoms with E-state index in [9.17, 15) is 27.9 Å². The van der Waals surface area contributed by atoms with Gasteiger partial charge in [-0.2, -0.15) is 13.2 Å². The molecule has 0 bridgehead atoms. The van der Waals surface area contributed by atoms with Gasteiger partial charge < -0.3 is 15.1 Å². The summed E-state index contributed by atoms with van der Waals surface area (Å²) in [5.74, 6) is -3.28. The van der Waals surface area contributed by atoms with Crippen molar-refractivity contribution in [3.05, 3.63) is 27.3 Å². The molecule has 9 heteroatoms. The predicted molar refractivity (Wildman–Crippen MR) is 70.4 cm³/mol. The van der Waals surface area contributed by atoms with Crippen LogP contribution >= 0.6 is 22.6 Å². The summed E-state index contributed by atoms with van der Waals surface area (Å²) >= 11 is 1.81. The third-order valence-electron chi connectivity index (χ3n) is 2.17. The number of carbonyl (C=O) groups is 2. The number of phenols is 1. The molecule has 0 atom stereocenters. The maximum atomic E-state index is 12.4. The molecule has 0 spiro atoms. The van der Waals surface area contributed by atoms with Gasteiger partial charge in [-0.3, -0.25) is 9.59 Å². The van der Waals surface area contributed by atoms with Crippen molar-refractivity contribution in [1.82, 2.24) is 4.90 Å². The summed E-state index contributed by atoms with van der Waals surface area (Å²) < 4.78 is 37.6. The smallest absolute Gasteiger partial charge is 0.406 e. The fourth-order valence-corrected chi connectivity index (χ4v) is 1.92. The second kappa shape index (κ2) is 6.29. The summed E-state index contributed by atoms with van der Waals surface area (Å²) in [5, 5.41) is 18.1. The number of alkyl halides is 3. The summed E-state index contributed by atoms with van der Waals surface area (Å²) in [6.07, 6.45) is -4.73. The van der Waals surface area contributed by atoms with Gasteiger partial charge in [0, 0.05) is 3.57 Å². The van der Waals surface area contributed by atoms with Gasteiger partial charge in [0.1, 0.15) is 18.8 Å². The highest BCUT2D eigenvalue weighted by molar-refractivity contribution is 14.1. The molecule has 110 valence electrons. The molecule has 1 amide bonds. The zero-order valence-corrected chi connectivity index (χ0v) is 12.0. The van der Waals surface area contributed by atoms with Gasteiger partial charge in [0.05, 0.1) is 5.56 Å². The molecule has 1 aromatic carbocycles. The van der Waals surface area contributed by atoms with E-state index in [1.54, 1.807) is 0 Å². The van der Waals surface area contributed by atoms with Crippen molar-refractivity contribution >= 4 is 34.5 Å². The highest BCUT2D eigenvalue weighted by Gasteiger charge is 2.35. The van der Waals surface area contributed by atoms with Crippen molar-refractivity contribution in [3.8, 4) is 5.75 Å². The summed E-state index contributed by atoms with van der Waals surface area (Å²) in [4.78, 5) is 22.6. The van der Waals surface area contributed by atoms with Gasteiger partial charge in [0.25, 0.3) is 5.91 Å². The van der Waals surface area contributed by atoms with E-state index in [0.29, 0.717) is 3.57 Å². The lowest BCUT2D eigenvalue weighted by Gasteiger charge is -2.22. The van der Waals surface area contributed by atoms with Crippen LogP contribution in [0.3, 0.4) is 0 Å². The van der Waals surface area contributed by atoms with E-state index in [4.69, 9.17) is 5.11 Å². The van der Waals surface area contributed by atoms with E-state index in [0.717, 1.165) is 6.07 Å². The molecule has 1 rings (SSSR count). The van der Waals surface area contributed by atoms with Crippen LogP contribution in [-0.2, 0) is 4.79 Å². The lowest BCUT2D eigenvalue weighted by Crippen LogP contribution is -2.42.